The van der Waals surface area contributed by atoms with Crippen molar-refractivity contribution in [1.82, 2.24) is 4.67 Å². The van der Waals surface area contributed by atoms with Crippen LogP contribution in [0.25, 0.3) is 0 Å². The zero-order valence-corrected chi connectivity index (χ0v) is 11.0. The smallest absolute Gasteiger partial charge is 0.258 e. The van der Waals surface area contributed by atoms with Gasteiger partial charge in [-0.25, -0.2) is 4.67 Å². The van der Waals surface area contributed by atoms with Crippen molar-refractivity contribution in [3.63, 3.8) is 0 Å². The minimum atomic E-state index is -2.68. The summed E-state index contributed by atoms with van der Waals surface area (Å²) in [5, 5.41) is 0. The van der Waals surface area contributed by atoms with Gasteiger partial charge in [-0.1, -0.05) is 60.7 Å². The summed E-state index contributed by atoms with van der Waals surface area (Å²) in [6.45, 7) is 0.980. The summed E-state index contributed by atoms with van der Waals surface area (Å²) in [7, 11) is -2.68. The first-order chi connectivity index (χ1) is 8.75. The number of hydrogen-bond acceptors (Lipinski definition) is 1. The SMILES string of the molecule is O=[PH](O)N(Cc1ccccc1)Cc1ccccc1. The van der Waals surface area contributed by atoms with Gasteiger partial charge in [-0.15, -0.1) is 0 Å². The van der Waals surface area contributed by atoms with Gasteiger partial charge in [-0.05, 0) is 11.1 Å². The Morgan fingerprint density at radius 1 is 0.833 bits per heavy atom. The van der Waals surface area contributed by atoms with Crippen LogP contribution in [-0.4, -0.2) is 9.56 Å². The fourth-order valence-electron chi connectivity index (χ4n) is 1.80. The Hall–Kier alpha value is -1.41. The van der Waals surface area contributed by atoms with Crippen LogP contribution in [0.1, 0.15) is 11.1 Å². The Bertz CT molecular complexity index is 460. The van der Waals surface area contributed by atoms with Gasteiger partial charge in [0.15, 0.2) is 0 Å². The van der Waals surface area contributed by atoms with Crippen molar-refractivity contribution in [1.29, 1.82) is 0 Å². The number of rotatable bonds is 5. The molecule has 18 heavy (non-hydrogen) atoms. The largest absolute Gasteiger partial charge is 0.335 e. The van der Waals surface area contributed by atoms with Gasteiger partial charge in [0.1, 0.15) is 0 Å². The molecular weight excluding hydrogens is 245 g/mol. The summed E-state index contributed by atoms with van der Waals surface area (Å²) in [5.41, 5.74) is 2.08. The van der Waals surface area contributed by atoms with Crippen LogP contribution in [0.15, 0.2) is 60.7 Å². The quantitative estimate of drug-likeness (QED) is 0.841. The lowest BCUT2D eigenvalue weighted by Gasteiger charge is -2.18. The molecule has 0 aliphatic carbocycles. The molecule has 0 spiro atoms. The Kier molecular flexibility index (Phi) is 4.71. The summed E-state index contributed by atoms with van der Waals surface area (Å²) in [6.07, 6.45) is 0. The molecule has 1 unspecified atom stereocenters. The lowest BCUT2D eigenvalue weighted by atomic mass is 10.2. The Morgan fingerprint density at radius 2 is 1.22 bits per heavy atom. The molecule has 0 amide bonds. The van der Waals surface area contributed by atoms with Crippen LogP contribution in [0, 0.1) is 0 Å². The van der Waals surface area contributed by atoms with Crippen molar-refractivity contribution in [2.75, 3.05) is 0 Å². The second-order valence-electron chi connectivity index (χ2n) is 4.11. The second-order valence-corrected chi connectivity index (χ2v) is 5.31. The van der Waals surface area contributed by atoms with Crippen molar-refractivity contribution >= 4 is 8.18 Å². The van der Waals surface area contributed by atoms with E-state index in [9.17, 15) is 9.46 Å². The van der Waals surface area contributed by atoms with E-state index in [0.29, 0.717) is 13.1 Å². The molecule has 1 atom stereocenters. The first kappa shape index (κ1) is 13.0. The van der Waals surface area contributed by atoms with Crippen molar-refractivity contribution in [2.45, 2.75) is 13.1 Å². The molecule has 0 heterocycles. The lowest BCUT2D eigenvalue weighted by Crippen LogP contribution is -2.14. The van der Waals surface area contributed by atoms with E-state index in [1.165, 1.54) is 0 Å². The van der Waals surface area contributed by atoms with E-state index < -0.39 is 8.18 Å². The van der Waals surface area contributed by atoms with E-state index in [-0.39, 0.29) is 0 Å². The van der Waals surface area contributed by atoms with Gasteiger partial charge in [0.2, 0.25) is 0 Å². The second kappa shape index (κ2) is 6.50. The van der Waals surface area contributed by atoms with Crippen LogP contribution in [0.4, 0.5) is 0 Å². The van der Waals surface area contributed by atoms with Gasteiger partial charge < -0.3 is 4.89 Å². The van der Waals surface area contributed by atoms with Gasteiger partial charge in [-0.2, -0.15) is 0 Å². The highest BCUT2D eigenvalue weighted by molar-refractivity contribution is 7.35. The molecule has 2 aromatic rings. The molecule has 0 fully saturated rings. The fraction of sp³-hybridized carbons (Fsp3) is 0.143. The van der Waals surface area contributed by atoms with Gasteiger partial charge in [0.25, 0.3) is 8.18 Å². The zero-order valence-electron chi connectivity index (χ0n) is 9.99. The molecule has 0 aliphatic rings. The summed E-state index contributed by atoms with van der Waals surface area (Å²) in [4.78, 5) is 9.41. The van der Waals surface area contributed by atoms with Crippen LogP contribution < -0.4 is 0 Å². The van der Waals surface area contributed by atoms with E-state index in [0.717, 1.165) is 11.1 Å². The summed E-state index contributed by atoms with van der Waals surface area (Å²) < 4.78 is 13.0. The van der Waals surface area contributed by atoms with Crippen LogP contribution in [0.3, 0.4) is 0 Å². The van der Waals surface area contributed by atoms with E-state index in [4.69, 9.17) is 0 Å². The molecule has 0 saturated carbocycles. The van der Waals surface area contributed by atoms with Gasteiger partial charge in [0.05, 0.1) is 0 Å². The van der Waals surface area contributed by atoms with Gasteiger partial charge in [0, 0.05) is 13.1 Å². The van der Waals surface area contributed by atoms with Crippen LogP contribution >= 0.6 is 8.18 Å². The predicted molar refractivity (Wildman–Crippen MR) is 73.4 cm³/mol. The molecule has 0 aromatic heterocycles. The highest BCUT2D eigenvalue weighted by Gasteiger charge is 2.11. The van der Waals surface area contributed by atoms with Crippen LogP contribution in [0.5, 0.6) is 0 Å². The third-order valence-electron chi connectivity index (χ3n) is 2.70. The Morgan fingerprint density at radius 3 is 1.56 bits per heavy atom. The highest BCUT2D eigenvalue weighted by Crippen LogP contribution is 2.26. The van der Waals surface area contributed by atoms with Gasteiger partial charge >= 0.3 is 0 Å². The van der Waals surface area contributed by atoms with E-state index in [2.05, 4.69) is 0 Å². The highest BCUT2D eigenvalue weighted by atomic mass is 31.1. The first-order valence-electron chi connectivity index (χ1n) is 5.81. The molecule has 1 N–H and O–H groups in total. The molecule has 0 bridgehead atoms. The Balaban J connectivity index is 2.08. The van der Waals surface area contributed by atoms with E-state index in [1.54, 1.807) is 4.67 Å². The standard InChI is InChI=1S/C14H16NO2P/c16-18(17)15(11-13-7-3-1-4-8-13)12-14-9-5-2-6-10-14/h1-10,18H,11-12H2,(H,16,17). The fourth-order valence-corrected chi connectivity index (χ4v) is 2.43. The molecule has 4 heteroatoms. The van der Waals surface area contributed by atoms with E-state index >= 15 is 0 Å². The minimum absolute atomic E-state index is 0.490. The zero-order chi connectivity index (χ0) is 12.8. The Labute approximate surface area is 108 Å². The number of nitrogens with zero attached hydrogens (tertiary/aromatic N) is 1. The lowest BCUT2D eigenvalue weighted by molar-refractivity contribution is 0.357. The topological polar surface area (TPSA) is 40.5 Å². The van der Waals surface area contributed by atoms with Gasteiger partial charge in [-0.3, -0.25) is 4.57 Å². The molecule has 0 radical (unpaired) electrons. The molecule has 3 nitrogen and oxygen atoms in total. The van der Waals surface area contributed by atoms with Crippen molar-refractivity contribution in [3.05, 3.63) is 71.8 Å². The van der Waals surface area contributed by atoms with Crippen molar-refractivity contribution in [2.24, 2.45) is 0 Å². The predicted octanol–water partition coefficient (Wildman–Crippen LogP) is 3.07. The monoisotopic (exact) mass is 261 g/mol. The molecule has 0 aliphatic heterocycles. The summed E-state index contributed by atoms with van der Waals surface area (Å²) in [5.74, 6) is 0. The maximum Gasteiger partial charge on any atom is 0.258 e. The molecule has 2 rings (SSSR count). The molecule has 0 saturated heterocycles. The maximum atomic E-state index is 11.4. The number of hydrogen-bond donors (Lipinski definition) is 1. The summed E-state index contributed by atoms with van der Waals surface area (Å²) >= 11 is 0. The third-order valence-corrected chi connectivity index (χ3v) is 3.56. The maximum absolute atomic E-state index is 11.4. The van der Waals surface area contributed by atoms with E-state index in [1.807, 2.05) is 60.7 Å². The first-order valence-corrected chi connectivity index (χ1v) is 7.11. The normalized spacial score (nSPS) is 12.6. The van der Waals surface area contributed by atoms with Crippen LogP contribution in [0.2, 0.25) is 0 Å². The molecule has 94 valence electrons. The molecular formula is C14H16NO2P. The third kappa shape index (κ3) is 3.81. The number of benzene rings is 2. The average Bonchev–Trinajstić information content (AvgIpc) is 2.40. The average molecular weight is 261 g/mol. The molecule has 2 aromatic carbocycles. The summed E-state index contributed by atoms with van der Waals surface area (Å²) in [6, 6.07) is 19.5. The van der Waals surface area contributed by atoms with Crippen molar-refractivity contribution < 1.29 is 9.46 Å². The minimum Gasteiger partial charge on any atom is -0.335 e. The van der Waals surface area contributed by atoms with Crippen molar-refractivity contribution in [3.8, 4) is 0 Å². The van der Waals surface area contributed by atoms with Crippen LogP contribution in [-0.2, 0) is 17.7 Å².